The summed E-state index contributed by atoms with van der Waals surface area (Å²) in [5.74, 6) is -0.110. The summed E-state index contributed by atoms with van der Waals surface area (Å²) in [6.07, 6.45) is 0.912. The summed E-state index contributed by atoms with van der Waals surface area (Å²) in [4.78, 5) is 11.4. The van der Waals surface area contributed by atoms with E-state index in [4.69, 9.17) is 4.74 Å². The Morgan fingerprint density at radius 1 is 1.37 bits per heavy atom. The molecule has 0 spiro atoms. The molecular formula is C12H14N2O4S. The number of nitrogens with one attached hydrogen (secondary N) is 2. The van der Waals surface area contributed by atoms with Gasteiger partial charge in [0.2, 0.25) is 15.9 Å². The third-order valence-corrected chi connectivity index (χ3v) is 4.78. The van der Waals surface area contributed by atoms with Crippen molar-refractivity contribution in [2.45, 2.75) is 23.8 Å². The molecule has 1 fully saturated rings. The van der Waals surface area contributed by atoms with E-state index < -0.39 is 10.0 Å². The van der Waals surface area contributed by atoms with Crippen molar-refractivity contribution < 1.29 is 17.9 Å². The van der Waals surface area contributed by atoms with E-state index in [2.05, 4.69) is 10.0 Å². The van der Waals surface area contributed by atoms with Crippen molar-refractivity contribution in [3.63, 3.8) is 0 Å². The van der Waals surface area contributed by atoms with Crippen LogP contribution in [0.3, 0.4) is 0 Å². The summed E-state index contributed by atoms with van der Waals surface area (Å²) >= 11 is 0. The number of benzene rings is 1. The zero-order chi connectivity index (χ0) is 13.5. The van der Waals surface area contributed by atoms with Crippen molar-refractivity contribution in [3.05, 3.63) is 23.8 Å². The molecule has 1 aromatic carbocycles. The van der Waals surface area contributed by atoms with Crippen LogP contribution in [0.2, 0.25) is 0 Å². The van der Waals surface area contributed by atoms with Gasteiger partial charge in [-0.1, -0.05) is 0 Å². The Morgan fingerprint density at radius 3 is 2.95 bits per heavy atom. The fourth-order valence-electron chi connectivity index (χ4n) is 2.29. The Labute approximate surface area is 111 Å². The van der Waals surface area contributed by atoms with Crippen LogP contribution in [0.4, 0.5) is 5.69 Å². The lowest BCUT2D eigenvalue weighted by Crippen LogP contribution is -2.35. The van der Waals surface area contributed by atoms with Crippen LogP contribution in [-0.4, -0.2) is 33.6 Å². The first-order chi connectivity index (χ1) is 9.04. The summed E-state index contributed by atoms with van der Waals surface area (Å²) in [5.41, 5.74) is 1.41. The number of sulfonamides is 1. The number of hydrogen-bond acceptors (Lipinski definition) is 4. The first-order valence-corrected chi connectivity index (χ1v) is 7.56. The molecule has 0 bridgehead atoms. The van der Waals surface area contributed by atoms with Crippen LogP contribution in [0.25, 0.3) is 0 Å². The minimum atomic E-state index is -3.55. The molecule has 2 aliphatic rings. The van der Waals surface area contributed by atoms with Crippen molar-refractivity contribution in [2.75, 3.05) is 18.5 Å². The lowest BCUT2D eigenvalue weighted by molar-refractivity contribution is -0.115. The average Bonchev–Trinajstić information content (AvgIpc) is 2.95. The molecule has 0 radical (unpaired) electrons. The predicted molar refractivity (Wildman–Crippen MR) is 68.3 cm³/mol. The lowest BCUT2D eigenvalue weighted by atomic mass is 10.2. The molecule has 0 aromatic heterocycles. The number of carbonyl (C=O) groups excluding carboxylic acids is 1. The summed E-state index contributed by atoms with van der Waals surface area (Å²) in [7, 11) is -3.55. The SMILES string of the molecule is O=C1Cc2cc(S(=O)(=O)NC3CCOC3)ccc2N1. The molecule has 2 heterocycles. The van der Waals surface area contributed by atoms with Gasteiger partial charge in [-0.15, -0.1) is 0 Å². The number of carbonyl (C=O) groups is 1. The molecule has 2 N–H and O–H groups in total. The number of anilines is 1. The minimum Gasteiger partial charge on any atom is -0.380 e. The molecule has 7 heteroatoms. The van der Waals surface area contributed by atoms with Crippen LogP contribution >= 0.6 is 0 Å². The quantitative estimate of drug-likeness (QED) is 0.832. The Morgan fingerprint density at radius 2 is 2.21 bits per heavy atom. The van der Waals surface area contributed by atoms with Gasteiger partial charge in [-0.2, -0.15) is 0 Å². The highest BCUT2D eigenvalue weighted by Gasteiger charge is 2.25. The van der Waals surface area contributed by atoms with Crippen LogP contribution in [0.1, 0.15) is 12.0 Å². The van der Waals surface area contributed by atoms with E-state index in [0.717, 1.165) is 5.56 Å². The normalized spacial score (nSPS) is 22.3. The molecule has 1 aromatic rings. The molecule has 1 unspecified atom stereocenters. The Balaban J connectivity index is 1.85. The third kappa shape index (κ3) is 2.49. The maximum absolute atomic E-state index is 12.2. The van der Waals surface area contributed by atoms with E-state index in [9.17, 15) is 13.2 Å². The standard InChI is InChI=1S/C12H14N2O4S/c15-12-6-8-5-10(1-2-11(8)13-12)19(16,17)14-9-3-4-18-7-9/h1-2,5,9,14H,3-4,6-7H2,(H,13,15). The molecule has 1 saturated heterocycles. The van der Waals surface area contributed by atoms with Crippen LogP contribution in [0.5, 0.6) is 0 Å². The average molecular weight is 282 g/mol. The van der Waals surface area contributed by atoms with Crippen molar-refractivity contribution >= 4 is 21.6 Å². The summed E-state index contributed by atoms with van der Waals surface area (Å²) < 4.78 is 32.2. The highest BCUT2D eigenvalue weighted by Crippen LogP contribution is 2.26. The topological polar surface area (TPSA) is 84.5 Å². The van der Waals surface area contributed by atoms with Gasteiger partial charge >= 0.3 is 0 Å². The lowest BCUT2D eigenvalue weighted by Gasteiger charge is -2.12. The largest absolute Gasteiger partial charge is 0.380 e. The second-order valence-corrected chi connectivity index (χ2v) is 6.44. The molecule has 1 atom stereocenters. The zero-order valence-corrected chi connectivity index (χ0v) is 11.0. The Bertz CT molecular complexity index is 621. The van der Waals surface area contributed by atoms with E-state index in [-0.39, 0.29) is 23.3 Å². The number of rotatable bonds is 3. The molecule has 6 nitrogen and oxygen atoms in total. The number of hydrogen-bond donors (Lipinski definition) is 2. The molecule has 3 rings (SSSR count). The fourth-order valence-corrected chi connectivity index (χ4v) is 3.59. The van der Waals surface area contributed by atoms with Crippen molar-refractivity contribution in [2.24, 2.45) is 0 Å². The van der Waals surface area contributed by atoms with Gasteiger partial charge in [0.1, 0.15) is 0 Å². The Kier molecular flexibility index (Phi) is 3.04. The van der Waals surface area contributed by atoms with Gasteiger partial charge in [0.05, 0.1) is 17.9 Å². The number of fused-ring (bicyclic) bond motifs is 1. The van der Waals surface area contributed by atoms with Gasteiger partial charge in [-0.3, -0.25) is 4.79 Å². The summed E-state index contributed by atoms with van der Waals surface area (Å²) in [6.45, 7) is 0.986. The summed E-state index contributed by atoms with van der Waals surface area (Å²) in [6, 6.07) is 4.51. The van der Waals surface area contributed by atoms with Crippen LogP contribution < -0.4 is 10.0 Å². The minimum absolute atomic E-state index is 0.110. The predicted octanol–water partition coefficient (Wildman–Crippen LogP) is 0.248. The van der Waals surface area contributed by atoms with Gasteiger partial charge in [0.25, 0.3) is 0 Å². The maximum Gasteiger partial charge on any atom is 0.240 e. The van der Waals surface area contributed by atoms with Crippen LogP contribution in [0.15, 0.2) is 23.1 Å². The van der Waals surface area contributed by atoms with E-state index in [0.29, 0.717) is 25.3 Å². The molecule has 102 valence electrons. The van der Waals surface area contributed by atoms with E-state index in [1.807, 2.05) is 0 Å². The van der Waals surface area contributed by atoms with E-state index in [1.165, 1.54) is 6.07 Å². The van der Waals surface area contributed by atoms with Crippen molar-refractivity contribution in [3.8, 4) is 0 Å². The second-order valence-electron chi connectivity index (χ2n) is 4.73. The second kappa shape index (κ2) is 4.59. The van der Waals surface area contributed by atoms with Gasteiger partial charge in [-0.25, -0.2) is 13.1 Å². The van der Waals surface area contributed by atoms with E-state index in [1.54, 1.807) is 12.1 Å². The molecule has 1 amide bonds. The first-order valence-electron chi connectivity index (χ1n) is 6.07. The highest BCUT2D eigenvalue weighted by atomic mass is 32.2. The maximum atomic E-state index is 12.2. The zero-order valence-electron chi connectivity index (χ0n) is 10.2. The molecule has 0 aliphatic carbocycles. The molecule has 19 heavy (non-hydrogen) atoms. The number of amides is 1. The van der Waals surface area contributed by atoms with Crippen molar-refractivity contribution in [1.82, 2.24) is 4.72 Å². The molecule has 2 aliphatic heterocycles. The van der Waals surface area contributed by atoms with Gasteiger partial charge in [0, 0.05) is 18.3 Å². The monoisotopic (exact) mass is 282 g/mol. The fraction of sp³-hybridized carbons (Fsp3) is 0.417. The van der Waals surface area contributed by atoms with Crippen LogP contribution in [0, 0.1) is 0 Å². The Hall–Kier alpha value is -1.44. The smallest absolute Gasteiger partial charge is 0.240 e. The highest BCUT2D eigenvalue weighted by molar-refractivity contribution is 7.89. The van der Waals surface area contributed by atoms with Gasteiger partial charge in [0.15, 0.2) is 0 Å². The van der Waals surface area contributed by atoms with Gasteiger partial charge < -0.3 is 10.1 Å². The molecular weight excluding hydrogens is 268 g/mol. The van der Waals surface area contributed by atoms with Crippen molar-refractivity contribution in [1.29, 1.82) is 0 Å². The first kappa shape index (κ1) is 12.6. The molecule has 0 saturated carbocycles. The van der Waals surface area contributed by atoms with E-state index >= 15 is 0 Å². The summed E-state index contributed by atoms with van der Waals surface area (Å²) in [5, 5.41) is 2.67. The van der Waals surface area contributed by atoms with Crippen LogP contribution in [-0.2, 0) is 26.0 Å². The number of ether oxygens (including phenoxy) is 1. The third-order valence-electron chi connectivity index (χ3n) is 3.26. The van der Waals surface area contributed by atoms with Gasteiger partial charge in [-0.05, 0) is 30.2 Å².